The fourth-order valence-corrected chi connectivity index (χ4v) is 5.58. The standard InChI is InChI=1S/C33H44F2OS/c1-3-5-7-8-9-10-11-12-13-14-26-36-30-21-19-28(20-22-30)27-15-17-29(18-16-27)31-23-24-32(37-31)33(34,35)25-6-4-2/h15-24H,3-14,25-26H2,1-2H3. The highest BCUT2D eigenvalue weighted by molar-refractivity contribution is 7.15. The molecule has 0 saturated heterocycles. The van der Waals surface area contributed by atoms with Crippen molar-refractivity contribution in [3.05, 3.63) is 65.5 Å². The molecule has 0 aliphatic heterocycles. The predicted molar refractivity (Wildman–Crippen MR) is 156 cm³/mol. The number of benzene rings is 2. The maximum atomic E-state index is 14.4. The molecule has 0 N–H and O–H groups in total. The van der Waals surface area contributed by atoms with Crippen molar-refractivity contribution in [3.8, 4) is 27.3 Å². The molecule has 1 nitrogen and oxygen atoms in total. The van der Waals surface area contributed by atoms with E-state index in [0.29, 0.717) is 6.42 Å². The molecule has 37 heavy (non-hydrogen) atoms. The second kappa shape index (κ2) is 15.9. The summed E-state index contributed by atoms with van der Waals surface area (Å²) in [5.41, 5.74) is 3.20. The second-order valence-electron chi connectivity index (χ2n) is 10.1. The molecule has 0 atom stereocenters. The molecule has 0 unspecified atom stereocenters. The van der Waals surface area contributed by atoms with Crippen LogP contribution in [0.2, 0.25) is 0 Å². The van der Waals surface area contributed by atoms with E-state index in [1.54, 1.807) is 6.07 Å². The Labute approximate surface area is 227 Å². The molecule has 0 amide bonds. The van der Waals surface area contributed by atoms with Crippen LogP contribution in [0.3, 0.4) is 0 Å². The summed E-state index contributed by atoms with van der Waals surface area (Å²) in [5, 5.41) is 0. The van der Waals surface area contributed by atoms with Crippen molar-refractivity contribution in [1.29, 1.82) is 0 Å². The Balaban J connectivity index is 1.40. The third-order valence-corrected chi connectivity index (χ3v) is 8.18. The van der Waals surface area contributed by atoms with E-state index in [2.05, 4.69) is 31.2 Å². The summed E-state index contributed by atoms with van der Waals surface area (Å²) < 4.78 is 34.7. The summed E-state index contributed by atoms with van der Waals surface area (Å²) in [5.74, 6) is -1.83. The summed E-state index contributed by atoms with van der Waals surface area (Å²) in [4.78, 5) is 1.04. The van der Waals surface area contributed by atoms with Crippen molar-refractivity contribution >= 4 is 11.3 Å². The van der Waals surface area contributed by atoms with Gasteiger partial charge in [-0.3, -0.25) is 0 Å². The first-order valence-corrected chi connectivity index (χ1v) is 15.2. The van der Waals surface area contributed by atoms with Crippen LogP contribution in [0, 0.1) is 0 Å². The zero-order valence-electron chi connectivity index (χ0n) is 22.7. The lowest BCUT2D eigenvalue weighted by molar-refractivity contribution is -0.0116. The van der Waals surface area contributed by atoms with Gasteiger partial charge in [0.2, 0.25) is 0 Å². The molecule has 3 aromatic rings. The number of ether oxygens (including phenoxy) is 1. The highest BCUT2D eigenvalue weighted by atomic mass is 32.1. The second-order valence-corrected chi connectivity index (χ2v) is 11.2. The zero-order chi connectivity index (χ0) is 26.3. The zero-order valence-corrected chi connectivity index (χ0v) is 23.6. The van der Waals surface area contributed by atoms with E-state index < -0.39 is 5.92 Å². The van der Waals surface area contributed by atoms with E-state index in [1.807, 2.05) is 37.3 Å². The van der Waals surface area contributed by atoms with Crippen LogP contribution in [0.1, 0.15) is 102 Å². The van der Waals surface area contributed by atoms with Crippen LogP contribution in [-0.2, 0) is 5.92 Å². The fourth-order valence-electron chi connectivity index (χ4n) is 4.56. The molecular formula is C33H44F2OS. The largest absolute Gasteiger partial charge is 0.494 e. The average Bonchev–Trinajstić information content (AvgIpc) is 3.43. The van der Waals surface area contributed by atoms with E-state index in [-0.39, 0.29) is 11.3 Å². The molecule has 0 radical (unpaired) electrons. The Morgan fingerprint density at radius 1 is 0.595 bits per heavy atom. The van der Waals surface area contributed by atoms with E-state index in [0.717, 1.165) is 46.8 Å². The molecule has 0 aliphatic rings. The van der Waals surface area contributed by atoms with Crippen molar-refractivity contribution in [2.24, 2.45) is 0 Å². The van der Waals surface area contributed by atoms with Crippen LogP contribution < -0.4 is 4.74 Å². The summed E-state index contributed by atoms with van der Waals surface area (Å²) in [6, 6.07) is 19.8. The smallest absolute Gasteiger partial charge is 0.282 e. The molecule has 3 rings (SSSR count). The van der Waals surface area contributed by atoms with Crippen molar-refractivity contribution < 1.29 is 13.5 Å². The molecule has 0 spiro atoms. The normalized spacial score (nSPS) is 11.7. The first-order chi connectivity index (χ1) is 18.0. The summed E-state index contributed by atoms with van der Waals surface area (Å²) in [7, 11) is 0. The van der Waals surface area contributed by atoms with Gasteiger partial charge in [0.25, 0.3) is 5.92 Å². The van der Waals surface area contributed by atoms with Crippen molar-refractivity contribution in [1.82, 2.24) is 0 Å². The highest BCUT2D eigenvalue weighted by Gasteiger charge is 2.32. The lowest BCUT2D eigenvalue weighted by atomic mass is 10.0. The van der Waals surface area contributed by atoms with Gasteiger partial charge in [-0.15, -0.1) is 11.3 Å². The Bertz CT molecular complexity index is 1010. The maximum Gasteiger partial charge on any atom is 0.282 e. The van der Waals surface area contributed by atoms with Gasteiger partial charge in [-0.1, -0.05) is 114 Å². The number of rotatable bonds is 18. The third kappa shape index (κ3) is 9.89. The Hall–Kier alpha value is -2.20. The topological polar surface area (TPSA) is 9.23 Å². The monoisotopic (exact) mass is 526 g/mol. The number of halogens is 2. The van der Waals surface area contributed by atoms with Crippen LogP contribution >= 0.6 is 11.3 Å². The lowest BCUT2D eigenvalue weighted by Gasteiger charge is -2.13. The summed E-state index contributed by atoms with van der Waals surface area (Å²) in [6.07, 6.45) is 14.5. The highest BCUT2D eigenvalue weighted by Crippen LogP contribution is 2.40. The first-order valence-electron chi connectivity index (χ1n) is 14.4. The van der Waals surface area contributed by atoms with Gasteiger partial charge in [-0.05, 0) is 53.8 Å². The number of hydrogen-bond acceptors (Lipinski definition) is 2. The first kappa shape index (κ1) is 29.4. The van der Waals surface area contributed by atoms with Crippen molar-refractivity contribution in [2.75, 3.05) is 6.61 Å². The van der Waals surface area contributed by atoms with E-state index in [4.69, 9.17) is 4.74 Å². The van der Waals surface area contributed by atoms with Gasteiger partial charge in [0.1, 0.15) is 5.75 Å². The number of hydrogen-bond donors (Lipinski definition) is 0. The molecule has 1 heterocycles. The van der Waals surface area contributed by atoms with Crippen LogP contribution in [-0.4, -0.2) is 6.61 Å². The predicted octanol–water partition coefficient (Wildman–Crippen LogP) is 11.7. The molecule has 1 aromatic heterocycles. The Kier molecular flexibility index (Phi) is 12.6. The van der Waals surface area contributed by atoms with Gasteiger partial charge in [0.15, 0.2) is 0 Å². The van der Waals surface area contributed by atoms with Crippen molar-refractivity contribution in [3.63, 3.8) is 0 Å². The molecule has 0 aliphatic carbocycles. The van der Waals surface area contributed by atoms with Crippen LogP contribution in [0.5, 0.6) is 5.75 Å². The number of alkyl halides is 2. The average molecular weight is 527 g/mol. The van der Waals surface area contributed by atoms with E-state index in [9.17, 15) is 8.78 Å². The van der Waals surface area contributed by atoms with Gasteiger partial charge in [0, 0.05) is 11.3 Å². The molecule has 202 valence electrons. The molecule has 4 heteroatoms. The number of unbranched alkanes of at least 4 members (excludes halogenated alkanes) is 10. The Morgan fingerprint density at radius 3 is 1.70 bits per heavy atom. The third-order valence-electron chi connectivity index (χ3n) is 6.93. The van der Waals surface area contributed by atoms with E-state index in [1.165, 1.54) is 69.1 Å². The molecule has 0 bridgehead atoms. The Morgan fingerprint density at radius 2 is 1.11 bits per heavy atom. The minimum absolute atomic E-state index is 0.0820. The van der Waals surface area contributed by atoms with Crippen LogP contribution in [0.15, 0.2) is 60.7 Å². The minimum Gasteiger partial charge on any atom is -0.494 e. The quantitative estimate of drug-likeness (QED) is 0.150. The SMILES string of the molecule is CCCCCCCCCCCCOc1ccc(-c2ccc(-c3ccc(C(F)(F)CCCC)s3)cc2)cc1. The van der Waals surface area contributed by atoms with Crippen LogP contribution in [0.25, 0.3) is 21.6 Å². The van der Waals surface area contributed by atoms with Gasteiger partial charge in [-0.2, -0.15) is 0 Å². The van der Waals surface area contributed by atoms with Gasteiger partial charge in [0.05, 0.1) is 11.5 Å². The van der Waals surface area contributed by atoms with Gasteiger partial charge in [-0.25, -0.2) is 8.78 Å². The van der Waals surface area contributed by atoms with Crippen LogP contribution in [0.4, 0.5) is 8.78 Å². The van der Waals surface area contributed by atoms with Gasteiger partial charge < -0.3 is 4.74 Å². The van der Waals surface area contributed by atoms with Crippen molar-refractivity contribution in [2.45, 2.75) is 103 Å². The summed E-state index contributed by atoms with van der Waals surface area (Å²) >= 11 is 1.20. The molecular weight excluding hydrogens is 482 g/mol. The summed E-state index contributed by atoms with van der Waals surface area (Å²) in [6.45, 7) is 4.98. The fraction of sp³-hybridized carbons (Fsp3) is 0.515. The molecule has 0 saturated carbocycles. The molecule has 0 fully saturated rings. The maximum absolute atomic E-state index is 14.4. The van der Waals surface area contributed by atoms with E-state index >= 15 is 0 Å². The van der Waals surface area contributed by atoms with Gasteiger partial charge >= 0.3 is 0 Å². The lowest BCUT2D eigenvalue weighted by Crippen LogP contribution is -2.10. The molecule has 2 aromatic carbocycles. The number of thiophene rings is 1. The minimum atomic E-state index is -2.74.